The Balaban J connectivity index is 2.08. The van der Waals surface area contributed by atoms with E-state index in [2.05, 4.69) is 0 Å². The maximum Gasteiger partial charge on any atom is 0.433 e. The van der Waals surface area contributed by atoms with Crippen molar-refractivity contribution >= 4 is 29.0 Å². The molecule has 0 unspecified atom stereocenters. The summed E-state index contributed by atoms with van der Waals surface area (Å²) in [5.74, 6) is 0.00970. The monoisotopic (exact) mass is 311 g/mol. The molecule has 0 bridgehead atoms. The van der Waals surface area contributed by atoms with Gasteiger partial charge in [0.15, 0.2) is 0 Å². The number of benzene rings is 1. The standard InChI is InChI=1S/C17H13NO5/c1-10-7-14-12(9-17(19)23-15(14)8-11(10)2)3-4-13-5-6-16(22-13)18(20)21/h3-9H,1-2H3/b4-3+. The third kappa shape index (κ3) is 2.91. The quantitative estimate of drug-likeness (QED) is 0.413. The van der Waals surface area contributed by atoms with Gasteiger partial charge in [-0.05, 0) is 54.8 Å². The van der Waals surface area contributed by atoms with Crippen molar-refractivity contribution in [3.63, 3.8) is 0 Å². The summed E-state index contributed by atoms with van der Waals surface area (Å²) in [6.45, 7) is 3.92. The molecule has 1 aromatic carbocycles. The predicted octanol–water partition coefficient (Wildman–Crippen LogP) is 4.08. The molecule has 6 heteroatoms. The second-order valence-corrected chi connectivity index (χ2v) is 5.22. The van der Waals surface area contributed by atoms with Crippen molar-refractivity contribution in [3.8, 4) is 0 Å². The van der Waals surface area contributed by atoms with E-state index in [-0.39, 0.29) is 5.88 Å². The zero-order valence-corrected chi connectivity index (χ0v) is 12.5. The van der Waals surface area contributed by atoms with Crippen molar-refractivity contribution in [2.24, 2.45) is 0 Å². The largest absolute Gasteiger partial charge is 0.433 e. The van der Waals surface area contributed by atoms with Gasteiger partial charge in [0.1, 0.15) is 16.3 Å². The molecule has 0 saturated heterocycles. The molecule has 0 spiro atoms. The molecule has 0 aliphatic heterocycles. The minimum atomic E-state index is -0.601. The third-order valence-corrected chi connectivity index (χ3v) is 3.61. The number of hydrogen-bond donors (Lipinski definition) is 0. The minimum absolute atomic E-state index is 0.325. The lowest BCUT2D eigenvalue weighted by atomic mass is 10.0. The number of nitro groups is 1. The van der Waals surface area contributed by atoms with Gasteiger partial charge in [-0.15, -0.1) is 0 Å². The molecule has 2 aromatic heterocycles. The molecule has 6 nitrogen and oxygen atoms in total. The van der Waals surface area contributed by atoms with Crippen LogP contribution in [0.4, 0.5) is 5.88 Å². The SMILES string of the molecule is Cc1cc2oc(=O)cc(/C=C/c3ccc([N+](=O)[O-])o3)c2cc1C. The van der Waals surface area contributed by atoms with Gasteiger partial charge in [0.25, 0.3) is 0 Å². The van der Waals surface area contributed by atoms with E-state index in [1.54, 1.807) is 12.2 Å². The van der Waals surface area contributed by atoms with Crippen LogP contribution in [0.3, 0.4) is 0 Å². The zero-order chi connectivity index (χ0) is 16.6. The molecular formula is C17H13NO5. The summed E-state index contributed by atoms with van der Waals surface area (Å²) >= 11 is 0. The first kappa shape index (κ1) is 14.8. The number of hydrogen-bond acceptors (Lipinski definition) is 5. The second kappa shape index (κ2) is 5.57. The lowest BCUT2D eigenvalue weighted by Crippen LogP contribution is -1.98. The Kier molecular flexibility index (Phi) is 3.57. The Labute approximate surface area is 130 Å². The van der Waals surface area contributed by atoms with Crippen molar-refractivity contribution in [1.82, 2.24) is 0 Å². The lowest BCUT2D eigenvalue weighted by Gasteiger charge is -2.05. The molecule has 0 saturated carbocycles. The fourth-order valence-corrected chi connectivity index (χ4v) is 2.28. The van der Waals surface area contributed by atoms with E-state index >= 15 is 0 Å². The van der Waals surface area contributed by atoms with E-state index < -0.39 is 10.5 Å². The number of furan rings is 1. The summed E-state index contributed by atoms with van der Waals surface area (Å²) in [6.07, 6.45) is 3.26. The summed E-state index contributed by atoms with van der Waals surface area (Å²) in [6, 6.07) is 7.92. The maximum atomic E-state index is 11.7. The molecule has 0 N–H and O–H groups in total. The van der Waals surface area contributed by atoms with Gasteiger partial charge in [0.2, 0.25) is 0 Å². The van der Waals surface area contributed by atoms with Crippen molar-refractivity contribution < 1.29 is 13.8 Å². The maximum absolute atomic E-state index is 11.7. The highest BCUT2D eigenvalue weighted by molar-refractivity contribution is 5.89. The van der Waals surface area contributed by atoms with Crippen LogP contribution < -0.4 is 5.63 Å². The molecule has 0 aliphatic carbocycles. The molecule has 23 heavy (non-hydrogen) atoms. The van der Waals surface area contributed by atoms with Gasteiger partial charge in [-0.3, -0.25) is 10.1 Å². The van der Waals surface area contributed by atoms with E-state index in [1.807, 2.05) is 26.0 Å². The van der Waals surface area contributed by atoms with Crippen LogP contribution in [0, 0.1) is 24.0 Å². The summed E-state index contributed by atoms with van der Waals surface area (Å²) in [4.78, 5) is 21.7. The van der Waals surface area contributed by atoms with Crippen LogP contribution in [-0.2, 0) is 0 Å². The Morgan fingerprint density at radius 1 is 1.04 bits per heavy atom. The molecule has 2 heterocycles. The van der Waals surface area contributed by atoms with Crippen molar-refractivity contribution in [1.29, 1.82) is 0 Å². The van der Waals surface area contributed by atoms with Crippen molar-refractivity contribution in [2.75, 3.05) is 0 Å². The van der Waals surface area contributed by atoms with Crippen LogP contribution in [-0.4, -0.2) is 4.92 Å². The highest BCUT2D eigenvalue weighted by Crippen LogP contribution is 2.24. The van der Waals surface area contributed by atoms with Crippen LogP contribution >= 0.6 is 0 Å². The fourth-order valence-electron chi connectivity index (χ4n) is 2.28. The number of fused-ring (bicyclic) bond motifs is 1. The number of nitrogens with zero attached hydrogens (tertiary/aromatic N) is 1. The van der Waals surface area contributed by atoms with E-state index in [0.717, 1.165) is 16.5 Å². The Bertz CT molecular complexity index is 994. The predicted molar refractivity (Wildman–Crippen MR) is 86.2 cm³/mol. The minimum Gasteiger partial charge on any atom is -0.423 e. The van der Waals surface area contributed by atoms with Crippen LogP contribution in [0.5, 0.6) is 0 Å². The van der Waals surface area contributed by atoms with Gasteiger partial charge in [-0.25, -0.2) is 4.79 Å². The second-order valence-electron chi connectivity index (χ2n) is 5.22. The first-order valence-corrected chi connectivity index (χ1v) is 6.91. The van der Waals surface area contributed by atoms with Crippen LogP contribution in [0.2, 0.25) is 0 Å². The van der Waals surface area contributed by atoms with Crippen LogP contribution in [0.1, 0.15) is 22.5 Å². The van der Waals surface area contributed by atoms with Crippen molar-refractivity contribution in [3.05, 3.63) is 73.3 Å². The molecule has 0 atom stereocenters. The molecule has 0 radical (unpaired) electrons. The average molecular weight is 311 g/mol. The summed E-state index contributed by atoms with van der Waals surface area (Å²) in [5.41, 5.74) is 2.83. The summed E-state index contributed by atoms with van der Waals surface area (Å²) < 4.78 is 10.3. The Hall–Kier alpha value is -3.15. The first-order valence-electron chi connectivity index (χ1n) is 6.91. The first-order chi connectivity index (χ1) is 10.9. The molecule has 0 fully saturated rings. The van der Waals surface area contributed by atoms with Gasteiger partial charge in [-0.2, -0.15) is 0 Å². The van der Waals surface area contributed by atoms with E-state index in [1.165, 1.54) is 18.2 Å². The Morgan fingerprint density at radius 2 is 1.78 bits per heavy atom. The molecule has 0 aliphatic rings. The molecule has 3 rings (SSSR count). The van der Waals surface area contributed by atoms with Gasteiger partial charge in [-0.1, -0.05) is 6.08 Å². The Morgan fingerprint density at radius 3 is 2.48 bits per heavy atom. The fraction of sp³-hybridized carbons (Fsp3) is 0.118. The number of aryl methyl sites for hydroxylation is 2. The molecule has 116 valence electrons. The topological polar surface area (TPSA) is 86.5 Å². The lowest BCUT2D eigenvalue weighted by molar-refractivity contribution is -0.402. The normalized spacial score (nSPS) is 11.4. The molecule has 0 amide bonds. The van der Waals surface area contributed by atoms with Gasteiger partial charge in [0, 0.05) is 11.5 Å². The highest BCUT2D eigenvalue weighted by Gasteiger charge is 2.10. The van der Waals surface area contributed by atoms with Gasteiger partial charge < -0.3 is 8.83 Å². The van der Waals surface area contributed by atoms with Gasteiger partial charge in [0.05, 0.1) is 6.07 Å². The smallest absolute Gasteiger partial charge is 0.423 e. The van der Waals surface area contributed by atoms with E-state index in [0.29, 0.717) is 16.9 Å². The number of rotatable bonds is 3. The summed E-state index contributed by atoms with van der Waals surface area (Å²) in [5, 5.41) is 11.4. The van der Waals surface area contributed by atoms with Gasteiger partial charge >= 0.3 is 11.5 Å². The highest BCUT2D eigenvalue weighted by atomic mass is 16.6. The molecular weight excluding hydrogens is 298 g/mol. The van der Waals surface area contributed by atoms with E-state index in [4.69, 9.17) is 8.83 Å². The molecule has 3 aromatic rings. The van der Waals surface area contributed by atoms with Crippen LogP contribution in [0.15, 0.2) is 44.0 Å². The zero-order valence-electron chi connectivity index (χ0n) is 12.5. The third-order valence-electron chi connectivity index (χ3n) is 3.61. The van der Waals surface area contributed by atoms with E-state index in [9.17, 15) is 14.9 Å². The summed E-state index contributed by atoms with van der Waals surface area (Å²) in [7, 11) is 0. The average Bonchev–Trinajstić information content (AvgIpc) is 2.96. The van der Waals surface area contributed by atoms with Crippen LogP contribution in [0.25, 0.3) is 23.1 Å². The van der Waals surface area contributed by atoms with Crippen molar-refractivity contribution in [2.45, 2.75) is 13.8 Å².